The molecule has 1 aromatic rings. The summed E-state index contributed by atoms with van der Waals surface area (Å²) in [7, 11) is 0. The van der Waals surface area contributed by atoms with Gasteiger partial charge in [0.25, 0.3) is 0 Å². The summed E-state index contributed by atoms with van der Waals surface area (Å²) >= 11 is 4.70. The largest absolute Gasteiger partial charge is 0.465 e. The van der Waals surface area contributed by atoms with Crippen molar-refractivity contribution in [3.05, 3.63) is 15.0 Å². The van der Waals surface area contributed by atoms with Gasteiger partial charge in [-0.05, 0) is 36.7 Å². The molecule has 0 spiro atoms. The minimum Gasteiger partial charge on any atom is -0.465 e. The van der Waals surface area contributed by atoms with Gasteiger partial charge in [-0.2, -0.15) is 0 Å². The van der Waals surface area contributed by atoms with E-state index in [4.69, 9.17) is 5.11 Å². The van der Waals surface area contributed by atoms with E-state index < -0.39 is 11.6 Å². The average molecular weight is 293 g/mol. The molecule has 0 aliphatic carbocycles. The molecule has 0 unspecified atom stereocenters. The first-order chi connectivity index (χ1) is 6.80. The zero-order valence-corrected chi connectivity index (χ0v) is 11.2. The lowest BCUT2D eigenvalue weighted by molar-refractivity contribution is 0.0962. The minimum absolute atomic E-state index is 0.377. The Labute approximate surface area is 101 Å². The van der Waals surface area contributed by atoms with Crippen LogP contribution in [0.1, 0.15) is 25.6 Å². The SMILES string of the molecule is CC(C)(C)N(Cc1cnc(Br)s1)C(=O)O. The fraction of sp³-hybridized carbons (Fsp3) is 0.556. The molecule has 4 nitrogen and oxygen atoms in total. The number of nitrogens with zero attached hydrogens (tertiary/aromatic N) is 2. The van der Waals surface area contributed by atoms with Crippen LogP contribution in [0.3, 0.4) is 0 Å². The molecule has 0 radical (unpaired) electrons. The Kier molecular flexibility index (Phi) is 3.72. The van der Waals surface area contributed by atoms with E-state index in [0.717, 1.165) is 8.79 Å². The lowest BCUT2D eigenvalue weighted by Crippen LogP contribution is -2.44. The van der Waals surface area contributed by atoms with Crippen LogP contribution < -0.4 is 0 Å². The summed E-state index contributed by atoms with van der Waals surface area (Å²) in [4.78, 5) is 17.4. The van der Waals surface area contributed by atoms with Gasteiger partial charge in [0.15, 0.2) is 3.92 Å². The van der Waals surface area contributed by atoms with Crippen molar-refractivity contribution in [2.24, 2.45) is 0 Å². The van der Waals surface area contributed by atoms with Gasteiger partial charge in [0, 0.05) is 16.6 Å². The Morgan fingerprint density at radius 2 is 2.27 bits per heavy atom. The summed E-state index contributed by atoms with van der Waals surface area (Å²) in [5.41, 5.74) is -0.400. The Morgan fingerprint density at radius 1 is 1.67 bits per heavy atom. The van der Waals surface area contributed by atoms with E-state index in [1.165, 1.54) is 16.2 Å². The van der Waals surface area contributed by atoms with Gasteiger partial charge in [0.05, 0.1) is 6.54 Å². The zero-order chi connectivity index (χ0) is 11.6. The van der Waals surface area contributed by atoms with Gasteiger partial charge in [0.2, 0.25) is 0 Å². The third kappa shape index (κ3) is 3.46. The summed E-state index contributed by atoms with van der Waals surface area (Å²) in [5.74, 6) is 0. The summed E-state index contributed by atoms with van der Waals surface area (Å²) in [6, 6.07) is 0. The molecular weight excluding hydrogens is 280 g/mol. The molecule has 0 aliphatic heterocycles. The van der Waals surface area contributed by atoms with Crippen LogP contribution in [-0.2, 0) is 6.54 Å². The topological polar surface area (TPSA) is 53.4 Å². The molecule has 1 aromatic heterocycles. The number of rotatable bonds is 2. The van der Waals surface area contributed by atoms with Gasteiger partial charge < -0.3 is 5.11 Å². The smallest absolute Gasteiger partial charge is 0.408 e. The summed E-state index contributed by atoms with van der Waals surface area (Å²) in [5, 5.41) is 9.08. The van der Waals surface area contributed by atoms with Crippen molar-refractivity contribution < 1.29 is 9.90 Å². The van der Waals surface area contributed by atoms with E-state index in [1.54, 1.807) is 6.20 Å². The van der Waals surface area contributed by atoms with E-state index >= 15 is 0 Å². The molecule has 0 bridgehead atoms. The number of hydrogen-bond acceptors (Lipinski definition) is 3. The highest BCUT2D eigenvalue weighted by molar-refractivity contribution is 9.11. The van der Waals surface area contributed by atoms with Gasteiger partial charge in [0.1, 0.15) is 0 Å². The number of aromatic nitrogens is 1. The van der Waals surface area contributed by atoms with Crippen molar-refractivity contribution in [2.75, 3.05) is 0 Å². The maximum atomic E-state index is 11.1. The van der Waals surface area contributed by atoms with Crippen molar-refractivity contribution in [3.8, 4) is 0 Å². The third-order valence-corrected chi connectivity index (χ3v) is 3.34. The van der Waals surface area contributed by atoms with Crippen LogP contribution in [0.4, 0.5) is 4.79 Å². The maximum Gasteiger partial charge on any atom is 0.408 e. The van der Waals surface area contributed by atoms with E-state index in [-0.39, 0.29) is 0 Å². The lowest BCUT2D eigenvalue weighted by Gasteiger charge is -2.32. The number of amides is 1. The number of carboxylic acid groups (broad SMARTS) is 1. The molecular formula is C9H13BrN2O2S. The van der Waals surface area contributed by atoms with Crippen LogP contribution in [0.25, 0.3) is 0 Å². The molecule has 0 atom stereocenters. The molecule has 6 heteroatoms. The molecule has 0 saturated heterocycles. The van der Waals surface area contributed by atoms with Crippen LogP contribution in [0.5, 0.6) is 0 Å². The van der Waals surface area contributed by atoms with Crippen LogP contribution in [0.2, 0.25) is 0 Å². The molecule has 0 aliphatic rings. The fourth-order valence-corrected chi connectivity index (χ4v) is 2.45. The van der Waals surface area contributed by atoms with Crippen LogP contribution in [0, 0.1) is 0 Å². The second kappa shape index (κ2) is 4.49. The first-order valence-corrected chi connectivity index (χ1v) is 6.02. The normalized spacial score (nSPS) is 11.5. The molecule has 1 rings (SSSR count). The predicted octanol–water partition coefficient (Wildman–Crippen LogP) is 3.18. The van der Waals surface area contributed by atoms with E-state index in [2.05, 4.69) is 20.9 Å². The zero-order valence-electron chi connectivity index (χ0n) is 8.82. The highest BCUT2D eigenvalue weighted by atomic mass is 79.9. The van der Waals surface area contributed by atoms with Crippen molar-refractivity contribution in [2.45, 2.75) is 32.9 Å². The fourth-order valence-electron chi connectivity index (χ4n) is 1.10. The Bertz CT molecular complexity index is 359. The lowest BCUT2D eigenvalue weighted by atomic mass is 10.1. The third-order valence-electron chi connectivity index (χ3n) is 1.88. The van der Waals surface area contributed by atoms with E-state index in [0.29, 0.717) is 6.54 Å². The molecule has 1 N–H and O–H groups in total. The minimum atomic E-state index is -0.910. The van der Waals surface area contributed by atoms with E-state index in [9.17, 15) is 4.79 Å². The summed E-state index contributed by atoms with van der Waals surface area (Å²) in [6.45, 7) is 5.99. The average Bonchev–Trinajstić information content (AvgIpc) is 2.44. The highest BCUT2D eigenvalue weighted by Crippen LogP contribution is 2.23. The number of carbonyl (C=O) groups is 1. The first-order valence-electron chi connectivity index (χ1n) is 4.41. The Balaban J connectivity index is 2.81. The van der Waals surface area contributed by atoms with Gasteiger partial charge in [-0.3, -0.25) is 4.90 Å². The second-order valence-electron chi connectivity index (χ2n) is 4.12. The molecule has 0 saturated carbocycles. The standard InChI is InChI=1S/C9H13BrN2O2S/c1-9(2,3)12(8(13)14)5-6-4-11-7(10)15-6/h4H,5H2,1-3H3,(H,13,14). The molecule has 1 heterocycles. The first kappa shape index (κ1) is 12.4. The van der Waals surface area contributed by atoms with Crippen LogP contribution >= 0.6 is 27.3 Å². The number of hydrogen-bond donors (Lipinski definition) is 1. The quantitative estimate of drug-likeness (QED) is 0.911. The summed E-state index contributed by atoms with van der Waals surface area (Å²) in [6.07, 6.45) is 0.781. The van der Waals surface area contributed by atoms with Gasteiger partial charge >= 0.3 is 6.09 Å². The molecule has 0 fully saturated rings. The Morgan fingerprint density at radius 3 is 2.60 bits per heavy atom. The van der Waals surface area contributed by atoms with Gasteiger partial charge in [-0.25, -0.2) is 9.78 Å². The van der Waals surface area contributed by atoms with E-state index in [1.807, 2.05) is 20.8 Å². The Hall–Kier alpha value is -0.620. The maximum absolute atomic E-state index is 11.1. The molecule has 84 valence electrons. The van der Waals surface area contributed by atoms with Crippen molar-refractivity contribution in [1.29, 1.82) is 0 Å². The van der Waals surface area contributed by atoms with Gasteiger partial charge in [-0.1, -0.05) is 0 Å². The summed E-state index contributed by atoms with van der Waals surface area (Å²) < 4.78 is 0.775. The van der Waals surface area contributed by atoms with Crippen molar-refractivity contribution in [1.82, 2.24) is 9.88 Å². The van der Waals surface area contributed by atoms with Gasteiger partial charge in [-0.15, -0.1) is 11.3 Å². The molecule has 0 aromatic carbocycles. The molecule has 15 heavy (non-hydrogen) atoms. The van der Waals surface area contributed by atoms with Crippen LogP contribution in [0.15, 0.2) is 10.1 Å². The van der Waals surface area contributed by atoms with Crippen molar-refractivity contribution >= 4 is 33.4 Å². The number of thiazole rings is 1. The van der Waals surface area contributed by atoms with Crippen LogP contribution in [-0.4, -0.2) is 26.6 Å². The number of halogens is 1. The molecule has 1 amide bonds. The predicted molar refractivity (Wildman–Crippen MR) is 63.1 cm³/mol. The van der Waals surface area contributed by atoms with Crippen molar-refractivity contribution in [3.63, 3.8) is 0 Å². The second-order valence-corrected chi connectivity index (χ2v) is 6.51. The monoisotopic (exact) mass is 292 g/mol. The highest BCUT2D eigenvalue weighted by Gasteiger charge is 2.26.